The third-order valence-corrected chi connectivity index (χ3v) is 1.38. The van der Waals surface area contributed by atoms with Crippen LogP contribution in [-0.4, -0.2) is 0 Å². The van der Waals surface area contributed by atoms with Crippen LogP contribution in [0.5, 0.6) is 0 Å². The number of hydrogen-bond acceptors (Lipinski definition) is 0. The summed E-state index contributed by atoms with van der Waals surface area (Å²) in [5.74, 6) is 0.583. The summed E-state index contributed by atoms with van der Waals surface area (Å²) in [4.78, 5) is 0. The van der Waals surface area contributed by atoms with Gasteiger partial charge in [-0.15, -0.1) is 12.3 Å². The molecule has 0 aliphatic heterocycles. The van der Waals surface area contributed by atoms with Crippen LogP contribution in [0, 0.1) is 5.92 Å². The van der Waals surface area contributed by atoms with Gasteiger partial charge in [0.05, 0.1) is 0 Å². The van der Waals surface area contributed by atoms with Crippen LogP contribution in [0.2, 0.25) is 0 Å². The summed E-state index contributed by atoms with van der Waals surface area (Å²) in [7, 11) is 0. The standard InChI is InChI=1S/C8H10/c1-2-8-6-4-3-5-7-8/h2-3,7-8H,1,4,6H2. The van der Waals surface area contributed by atoms with Gasteiger partial charge in [-0.2, -0.15) is 0 Å². The van der Waals surface area contributed by atoms with Crippen molar-refractivity contribution in [1.29, 1.82) is 0 Å². The number of hydrogen-bond donors (Lipinski definition) is 0. The average molecular weight is 106 g/mol. The van der Waals surface area contributed by atoms with E-state index in [9.17, 15) is 0 Å². The smallest absolute Gasteiger partial charge is 0.00228 e. The normalized spacial score (nSPS) is 25.8. The molecule has 1 atom stereocenters. The van der Waals surface area contributed by atoms with E-state index in [2.05, 4.69) is 24.5 Å². The number of allylic oxidation sites excluding steroid dienone is 2. The van der Waals surface area contributed by atoms with Crippen LogP contribution in [0.15, 0.2) is 30.5 Å². The van der Waals surface area contributed by atoms with Gasteiger partial charge in [0.15, 0.2) is 0 Å². The van der Waals surface area contributed by atoms with Crippen molar-refractivity contribution in [3.05, 3.63) is 30.5 Å². The first kappa shape index (κ1) is 5.40. The van der Waals surface area contributed by atoms with E-state index >= 15 is 0 Å². The van der Waals surface area contributed by atoms with Crippen molar-refractivity contribution >= 4 is 0 Å². The van der Waals surface area contributed by atoms with E-state index in [0.29, 0.717) is 5.92 Å². The minimum Gasteiger partial charge on any atom is -0.129 e. The van der Waals surface area contributed by atoms with Gasteiger partial charge in [-0.05, 0) is 25.0 Å². The Morgan fingerprint density at radius 1 is 1.75 bits per heavy atom. The Bertz CT molecular complexity index is 136. The highest BCUT2D eigenvalue weighted by molar-refractivity contribution is 5.01. The first-order valence-electron chi connectivity index (χ1n) is 2.97. The molecule has 0 aromatic rings. The molecule has 0 N–H and O–H groups in total. The molecule has 0 nitrogen and oxygen atoms in total. The Balaban J connectivity index is 2.59. The van der Waals surface area contributed by atoms with Gasteiger partial charge in [-0.1, -0.05) is 6.08 Å². The Morgan fingerprint density at radius 3 is 3.00 bits per heavy atom. The second kappa shape index (κ2) is 2.54. The maximum absolute atomic E-state index is 3.70. The second-order valence-corrected chi connectivity index (χ2v) is 2.01. The molecule has 0 aromatic heterocycles. The maximum atomic E-state index is 3.70. The first-order chi connectivity index (χ1) is 3.93. The highest BCUT2D eigenvalue weighted by Crippen LogP contribution is 2.12. The largest absolute Gasteiger partial charge is 0.129 e. The topological polar surface area (TPSA) is 0 Å². The van der Waals surface area contributed by atoms with Gasteiger partial charge in [0.25, 0.3) is 0 Å². The Kier molecular flexibility index (Phi) is 1.71. The fourth-order valence-corrected chi connectivity index (χ4v) is 0.820. The molecule has 42 valence electrons. The molecular formula is C8H10. The number of rotatable bonds is 1. The highest BCUT2D eigenvalue weighted by atomic mass is 14.0. The third-order valence-electron chi connectivity index (χ3n) is 1.38. The van der Waals surface area contributed by atoms with Crippen LogP contribution >= 0.6 is 0 Å². The summed E-state index contributed by atoms with van der Waals surface area (Å²) in [6, 6.07) is 0. The summed E-state index contributed by atoms with van der Waals surface area (Å²) in [5, 5.41) is 0. The predicted molar refractivity (Wildman–Crippen MR) is 35.6 cm³/mol. The zero-order valence-corrected chi connectivity index (χ0v) is 4.93. The van der Waals surface area contributed by atoms with E-state index in [1.807, 2.05) is 6.08 Å². The zero-order chi connectivity index (χ0) is 5.82. The monoisotopic (exact) mass is 106 g/mol. The van der Waals surface area contributed by atoms with Crippen LogP contribution in [0.1, 0.15) is 12.8 Å². The van der Waals surface area contributed by atoms with Crippen LogP contribution in [0.3, 0.4) is 0 Å². The lowest BCUT2D eigenvalue weighted by molar-refractivity contribution is 0.712. The van der Waals surface area contributed by atoms with Crippen LogP contribution in [-0.2, 0) is 0 Å². The van der Waals surface area contributed by atoms with Crippen LogP contribution < -0.4 is 0 Å². The zero-order valence-electron chi connectivity index (χ0n) is 4.93. The SMILES string of the molecule is C=CC1C=C=CCC1. The molecule has 0 saturated carbocycles. The Labute approximate surface area is 50.2 Å². The minimum absolute atomic E-state index is 0.583. The van der Waals surface area contributed by atoms with E-state index in [4.69, 9.17) is 0 Å². The van der Waals surface area contributed by atoms with Gasteiger partial charge in [-0.25, -0.2) is 0 Å². The Morgan fingerprint density at radius 2 is 2.62 bits per heavy atom. The highest BCUT2D eigenvalue weighted by Gasteiger charge is 1.98. The van der Waals surface area contributed by atoms with Crippen molar-refractivity contribution in [1.82, 2.24) is 0 Å². The van der Waals surface area contributed by atoms with Gasteiger partial charge < -0.3 is 0 Å². The second-order valence-electron chi connectivity index (χ2n) is 2.01. The maximum Gasteiger partial charge on any atom is 0.00228 e. The minimum atomic E-state index is 0.583. The van der Waals surface area contributed by atoms with E-state index in [1.165, 1.54) is 6.42 Å². The lowest BCUT2D eigenvalue weighted by Gasteiger charge is -2.04. The Hall–Kier alpha value is -0.740. The van der Waals surface area contributed by atoms with Crippen molar-refractivity contribution in [3.63, 3.8) is 0 Å². The molecule has 0 heteroatoms. The predicted octanol–water partition coefficient (Wildman–Crippen LogP) is 2.29. The summed E-state index contributed by atoms with van der Waals surface area (Å²) in [6.45, 7) is 3.70. The van der Waals surface area contributed by atoms with E-state index in [1.54, 1.807) is 0 Å². The molecule has 1 aliphatic carbocycles. The molecule has 0 saturated heterocycles. The molecule has 1 unspecified atom stereocenters. The molecule has 8 heavy (non-hydrogen) atoms. The molecule has 1 rings (SSSR count). The molecule has 0 spiro atoms. The molecule has 0 radical (unpaired) electrons. The lowest BCUT2D eigenvalue weighted by atomic mass is 10.0. The summed E-state index contributed by atoms with van der Waals surface area (Å²) in [5.41, 5.74) is 3.06. The molecule has 0 bridgehead atoms. The van der Waals surface area contributed by atoms with Crippen LogP contribution in [0.25, 0.3) is 0 Å². The van der Waals surface area contributed by atoms with Crippen molar-refractivity contribution < 1.29 is 0 Å². The lowest BCUT2D eigenvalue weighted by Crippen LogP contribution is -1.91. The third kappa shape index (κ3) is 1.11. The molecule has 0 amide bonds. The van der Waals surface area contributed by atoms with Crippen molar-refractivity contribution in [3.8, 4) is 0 Å². The van der Waals surface area contributed by atoms with Gasteiger partial charge in [0, 0.05) is 5.92 Å². The van der Waals surface area contributed by atoms with Crippen molar-refractivity contribution in [2.45, 2.75) is 12.8 Å². The van der Waals surface area contributed by atoms with Gasteiger partial charge >= 0.3 is 0 Å². The van der Waals surface area contributed by atoms with E-state index in [0.717, 1.165) is 6.42 Å². The van der Waals surface area contributed by atoms with Gasteiger partial charge in [0.2, 0.25) is 0 Å². The van der Waals surface area contributed by atoms with E-state index < -0.39 is 0 Å². The van der Waals surface area contributed by atoms with Crippen LogP contribution in [0.4, 0.5) is 0 Å². The average Bonchev–Trinajstić information content (AvgIpc) is 1.90. The fraction of sp³-hybridized carbons (Fsp3) is 0.375. The summed E-state index contributed by atoms with van der Waals surface area (Å²) in [6.07, 6.45) is 8.49. The molecule has 0 fully saturated rings. The van der Waals surface area contributed by atoms with Crippen molar-refractivity contribution in [2.24, 2.45) is 5.92 Å². The molecular weight excluding hydrogens is 96.1 g/mol. The fourth-order valence-electron chi connectivity index (χ4n) is 0.820. The first-order valence-corrected chi connectivity index (χ1v) is 2.97. The molecule has 1 aliphatic rings. The van der Waals surface area contributed by atoms with Crippen molar-refractivity contribution in [2.75, 3.05) is 0 Å². The van der Waals surface area contributed by atoms with Gasteiger partial charge in [-0.3, -0.25) is 0 Å². The summed E-state index contributed by atoms with van der Waals surface area (Å²) < 4.78 is 0. The molecule has 0 aromatic carbocycles. The van der Waals surface area contributed by atoms with Gasteiger partial charge in [0.1, 0.15) is 0 Å². The molecule has 0 heterocycles. The quantitative estimate of drug-likeness (QED) is 0.355. The van der Waals surface area contributed by atoms with E-state index in [-0.39, 0.29) is 0 Å². The summed E-state index contributed by atoms with van der Waals surface area (Å²) >= 11 is 0.